The maximum absolute atomic E-state index is 12.9. The van der Waals surface area contributed by atoms with Crippen molar-refractivity contribution in [2.45, 2.75) is 32.5 Å². The van der Waals surface area contributed by atoms with Crippen LogP contribution in [0.3, 0.4) is 0 Å². The van der Waals surface area contributed by atoms with Crippen LogP contribution in [0.25, 0.3) is 11.2 Å². The lowest BCUT2D eigenvalue weighted by Gasteiger charge is -2.11. The molecule has 2 aromatic heterocycles. The van der Waals surface area contributed by atoms with E-state index in [1.54, 1.807) is 10.6 Å². The van der Waals surface area contributed by atoms with E-state index in [9.17, 15) is 13.2 Å². The highest BCUT2D eigenvalue weighted by Gasteiger charge is 2.30. The fourth-order valence-electron chi connectivity index (χ4n) is 2.51. The third-order valence-corrected chi connectivity index (χ3v) is 4.42. The van der Waals surface area contributed by atoms with Crippen LogP contribution in [0.1, 0.15) is 36.7 Å². The summed E-state index contributed by atoms with van der Waals surface area (Å²) in [5.41, 5.74) is 0.947. The average Bonchev–Trinajstić information content (AvgIpc) is 2.97. The molecule has 132 valence electrons. The van der Waals surface area contributed by atoms with E-state index in [4.69, 9.17) is 24.4 Å². The van der Waals surface area contributed by atoms with Gasteiger partial charge in [-0.1, -0.05) is 38.2 Å². The Kier molecular flexibility index (Phi) is 4.54. The number of halogens is 3. The summed E-state index contributed by atoms with van der Waals surface area (Å²) in [7, 11) is 0. The van der Waals surface area contributed by atoms with Crippen molar-refractivity contribution in [3.63, 3.8) is 0 Å². The number of hydrogen-bond acceptors (Lipinski definition) is 3. The van der Waals surface area contributed by atoms with Gasteiger partial charge in [0.1, 0.15) is 16.0 Å². The van der Waals surface area contributed by atoms with Gasteiger partial charge in [-0.15, -0.1) is 0 Å². The topological polar surface area (TPSA) is 49.4 Å². The second-order valence-corrected chi connectivity index (χ2v) is 6.81. The zero-order valence-corrected chi connectivity index (χ0v) is 15.1. The second-order valence-electron chi connectivity index (χ2n) is 6.02. The maximum atomic E-state index is 12.9. The number of fused-ring (bicyclic) bond motifs is 1. The van der Waals surface area contributed by atoms with Crippen LogP contribution < -0.4 is 0 Å². The zero-order valence-electron chi connectivity index (χ0n) is 13.4. The molecule has 0 saturated carbocycles. The smallest absolute Gasteiger partial charge is 0.338 e. The van der Waals surface area contributed by atoms with E-state index >= 15 is 0 Å². The highest BCUT2D eigenvalue weighted by molar-refractivity contribution is 7.72. The quantitative estimate of drug-likeness (QED) is 0.599. The first-order valence-corrected chi connectivity index (χ1v) is 8.37. The molecule has 0 amide bonds. The lowest BCUT2D eigenvalue weighted by molar-refractivity contribution is -0.137. The number of alkyl halides is 3. The molecule has 1 aromatic carbocycles. The van der Waals surface area contributed by atoms with Gasteiger partial charge in [-0.2, -0.15) is 13.2 Å². The molecule has 0 spiro atoms. The Morgan fingerprint density at radius 1 is 1.20 bits per heavy atom. The monoisotopic (exact) mass is 384 g/mol. The summed E-state index contributed by atoms with van der Waals surface area (Å²) >= 11 is 10.6. The predicted octanol–water partition coefficient (Wildman–Crippen LogP) is 5.34. The lowest BCUT2D eigenvalue weighted by Crippen LogP contribution is -2.09. The zero-order chi connectivity index (χ0) is 18.4. The van der Waals surface area contributed by atoms with E-state index in [1.807, 2.05) is 13.8 Å². The van der Waals surface area contributed by atoms with Crippen molar-refractivity contribution in [1.29, 1.82) is 0 Å². The summed E-state index contributed by atoms with van der Waals surface area (Å²) in [5, 5.41) is 0. The molecule has 0 aliphatic carbocycles. The Morgan fingerprint density at radius 3 is 2.56 bits per heavy atom. The molecule has 2 heterocycles. The van der Waals surface area contributed by atoms with Crippen LogP contribution in [0.5, 0.6) is 0 Å². The average molecular weight is 384 g/mol. The van der Waals surface area contributed by atoms with E-state index < -0.39 is 11.7 Å². The minimum atomic E-state index is -4.39. The van der Waals surface area contributed by atoms with Gasteiger partial charge in [0.2, 0.25) is 0 Å². The summed E-state index contributed by atoms with van der Waals surface area (Å²) in [6, 6.07) is 5.17. The first-order valence-electron chi connectivity index (χ1n) is 7.55. The van der Waals surface area contributed by atoms with Crippen molar-refractivity contribution in [2.24, 2.45) is 0 Å². The Labute approximate surface area is 151 Å². The van der Waals surface area contributed by atoms with Crippen molar-refractivity contribution in [2.75, 3.05) is 0 Å². The van der Waals surface area contributed by atoms with E-state index in [-0.39, 0.29) is 12.5 Å². The molecular weight excluding hydrogens is 369 g/mol. The van der Waals surface area contributed by atoms with Crippen molar-refractivity contribution < 1.29 is 13.2 Å². The SMILES string of the molecule is CC(C)c1nc2c([nH]1)c(=S)[nH]c(=S)n2Cc1cccc(C(F)(F)F)c1. The Morgan fingerprint density at radius 2 is 1.92 bits per heavy atom. The Balaban J connectivity index is 2.13. The molecule has 3 rings (SSSR count). The van der Waals surface area contributed by atoms with Crippen LogP contribution in [-0.4, -0.2) is 19.5 Å². The predicted molar refractivity (Wildman–Crippen MR) is 94.7 cm³/mol. The van der Waals surface area contributed by atoms with Crippen LogP contribution in [-0.2, 0) is 12.7 Å². The number of imidazole rings is 1. The third kappa shape index (κ3) is 3.52. The van der Waals surface area contributed by atoms with Crippen LogP contribution in [0.2, 0.25) is 0 Å². The number of aromatic nitrogens is 4. The molecule has 4 nitrogen and oxygen atoms in total. The van der Waals surface area contributed by atoms with Crippen molar-refractivity contribution in [3.8, 4) is 0 Å². The number of aromatic amines is 2. The van der Waals surface area contributed by atoms with Crippen molar-refractivity contribution >= 4 is 35.6 Å². The highest BCUT2D eigenvalue weighted by atomic mass is 32.1. The normalized spacial score (nSPS) is 12.2. The first-order chi connectivity index (χ1) is 11.7. The molecule has 0 saturated heterocycles. The van der Waals surface area contributed by atoms with Crippen LogP contribution in [0.4, 0.5) is 13.2 Å². The number of nitrogens with zero attached hydrogens (tertiary/aromatic N) is 2. The molecule has 0 unspecified atom stereocenters. The van der Waals surface area contributed by atoms with Gasteiger partial charge < -0.3 is 9.97 Å². The van der Waals surface area contributed by atoms with E-state index in [0.717, 1.165) is 18.0 Å². The summed E-state index contributed by atoms with van der Waals surface area (Å²) in [6.45, 7) is 4.13. The molecule has 0 radical (unpaired) electrons. The molecule has 0 bridgehead atoms. The molecule has 2 N–H and O–H groups in total. The number of hydrogen-bond donors (Lipinski definition) is 2. The largest absolute Gasteiger partial charge is 0.416 e. The van der Waals surface area contributed by atoms with Gasteiger partial charge in [0, 0.05) is 5.92 Å². The molecule has 25 heavy (non-hydrogen) atoms. The fraction of sp³-hybridized carbons (Fsp3) is 0.312. The van der Waals surface area contributed by atoms with Gasteiger partial charge in [0.25, 0.3) is 0 Å². The summed E-state index contributed by atoms with van der Waals surface area (Å²) in [6.07, 6.45) is -4.39. The Hall–Kier alpha value is -2.00. The number of rotatable bonds is 3. The molecule has 0 aliphatic heterocycles. The lowest BCUT2D eigenvalue weighted by atomic mass is 10.1. The fourth-order valence-corrected chi connectivity index (χ4v) is 3.06. The van der Waals surface area contributed by atoms with Gasteiger partial charge in [0.05, 0.1) is 12.1 Å². The molecular formula is C16H15F3N4S2. The minimum absolute atomic E-state index is 0.150. The van der Waals surface area contributed by atoms with Gasteiger partial charge in [-0.3, -0.25) is 4.57 Å². The van der Waals surface area contributed by atoms with E-state index in [2.05, 4.69) is 15.0 Å². The van der Waals surface area contributed by atoms with Gasteiger partial charge in [-0.25, -0.2) is 4.98 Å². The number of H-pyrrole nitrogens is 2. The van der Waals surface area contributed by atoms with Gasteiger partial charge in [0.15, 0.2) is 10.4 Å². The van der Waals surface area contributed by atoms with Crippen LogP contribution in [0.15, 0.2) is 24.3 Å². The van der Waals surface area contributed by atoms with E-state index in [0.29, 0.717) is 26.1 Å². The van der Waals surface area contributed by atoms with E-state index in [1.165, 1.54) is 6.07 Å². The van der Waals surface area contributed by atoms with Gasteiger partial charge >= 0.3 is 6.18 Å². The van der Waals surface area contributed by atoms with Crippen molar-refractivity contribution in [3.05, 3.63) is 50.6 Å². The van der Waals surface area contributed by atoms with Crippen molar-refractivity contribution in [1.82, 2.24) is 19.5 Å². The number of benzene rings is 1. The van der Waals surface area contributed by atoms with Crippen LogP contribution >= 0.6 is 24.4 Å². The molecule has 0 aliphatic rings. The summed E-state index contributed by atoms with van der Waals surface area (Å²) in [4.78, 5) is 10.6. The Bertz CT molecular complexity index is 1040. The first kappa shape index (κ1) is 17.8. The highest BCUT2D eigenvalue weighted by Crippen LogP contribution is 2.30. The minimum Gasteiger partial charge on any atom is -0.338 e. The van der Waals surface area contributed by atoms with Gasteiger partial charge in [-0.05, 0) is 29.9 Å². The standard InChI is InChI=1S/C16H15F3N4S2/c1-8(2)12-20-11-13(21-12)23(15(25)22-14(11)24)7-9-4-3-5-10(6-9)16(17,18)19/h3-6,8H,7H2,1-2H3,(H,20,21)(H,22,24,25). The third-order valence-electron chi connectivity index (χ3n) is 3.79. The number of nitrogens with one attached hydrogen (secondary N) is 2. The molecule has 0 atom stereocenters. The molecule has 0 fully saturated rings. The second kappa shape index (κ2) is 6.38. The molecule has 3 aromatic rings. The summed E-state index contributed by atoms with van der Waals surface area (Å²) in [5.74, 6) is 0.894. The molecule has 9 heteroatoms. The maximum Gasteiger partial charge on any atom is 0.416 e. The van der Waals surface area contributed by atoms with Crippen LogP contribution in [0, 0.1) is 9.41 Å². The summed E-state index contributed by atoms with van der Waals surface area (Å²) < 4.78 is 41.2.